The molecule has 134 valence electrons. The lowest BCUT2D eigenvalue weighted by Gasteiger charge is -2.08. The van der Waals surface area contributed by atoms with Crippen molar-refractivity contribution < 1.29 is 4.79 Å². The zero-order valence-corrected chi connectivity index (χ0v) is 16.1. The largest absolute Gasteiger partial charge is 0.356 e. The van der Waals surface area contributed by atoms with Gasteiger partial charge in [-0.25, -0.2) is 0 Å². The SMILES string of the molecule is O=C(CCNCCc1ccc(Cl)cc1Cl)NCCc1cccc(Cl)c1. The molecule has 0 fully saturated rings. The number of hydrogen-bond acceptors (Lipinski definition) is 2. The van der Waals surface area contributed by atoms with Crippen LogP contribution in [0.2, 0.25) is 15.1 Å². The molecule has 0 aliphatic heterocycles. The Labute approximate surface area is 163 Å². The molecule has 0 unspecified atom stereocenters. The Bertz CT molecular complexity index is 707. The van der Waals surface area contributed by atoms with E-state index in [0.717, 1.165) is 30.5 Å². The summed E-state index contributed by atoms with van der Waals surface area (Å²) < 4.78 is 0. The first-order chi connectivity index (χ1) is 12.0. The summed E-state index contributed by atoms with van der Waals surface area (Å²) in [6, 6.07) is 13.2. The maximum atomic E-state index is 11.8. The van der Waals surface area contributed by atoms with Crippen LogP contribution in [0.5, 0.6) is 0 Å². The number of benzene rings is 2. The third kappa shape index (κ3) is 7.66. The van der Waals surface area contributed by atoms with Gasteiger partial charge >= 0.3 is 0 Å². The van der Waals surface area contributed by atoms with Crippen LogP contribution in [0.4, 0.5) is 0 Å². The van der Waals surface area contributed by atoms with Crippen molar-refractivity contribution in [1.82, 2.24) is 10.6 Å². The van der Waals surface area contributed by atoms with E-state index < -0.39 is 0 Å². The van der Waals surface area contributed by atoms with Crippen LogP contribution in [0.25, 0.3) is 0 Å². The highest BCUT2D eigenvalue weighted by atomic mass is 35.5. The Kier molecular flexibility index (Phi) is 8.56. The maximum absolute atomic E-state index is 11.8. The molecule has 1 amide bonds. The average Bonchev–Trinajstić information content (AvgIpc) is 2.56. The fourth-order valence-corrected chi connectivity index (χ4v) is 3.12. The summed E-state index contributed by atoms with van der Waals surface area (Å²) in [5.41, 5.74) is 2.16. The zero-order valence-electron chi connectivity index (χ0n) is 13.8. The van der Waals surface area contributed by atoms with Gasteiger partial charge in [0.05, 0.1) is 0 Å². The predicted octanol–water partition coefficient (Wildman–Crippen LogP) is 4.53. The maximum Gasteiger partial charge on any atom is 0.221 e. The number of carbonyl (C=O) groups excluding carboxylic acids is 1. The predicted molar refractivity (Wildman–Crippen MR) is 106 cm³/mol. The normalized spacial score (nSPS) is 10.7. The smallest absolute Gasteiger partial charge is 0.221 e. The van der Waals surface area contributed by atoms with Gasteiger partial charge in [-0.15, -0.1) is 0 Å². The lowest BCUT2D eigenvalue weighted by molar-refractivity contribution is -0.120. The van der Waals surface area contributed by atoms with Crippen molar-refractivity contribution in [3.05, 3.63) is 68.7 Å². The fourth-order valence-electron chi connectivity index (χ4n) is 2.40. The van der Waals surface area contributed by atoms with Crippen molar-refractivity contribution in [2.24, 2.45) is 0 Å². The van der Waals surface area contributed by atoms with E-state index in [1.165, 1.54) is 0 Å². The summed E-state index contributed by atoms with van der Waals surface area (Å²) in [5.74, 6) is 0.0408. The van der Waals surface area contributed by atoms with Crippen molar-refractivity contribution >= 4 is 40.7 Å². The van der Waals surface area contributed by atoms with E-state index in [9.17, 15) is 4.79 Å². The zero-order chi connectivity index (χ0) is 18.1. The Morgan fingerprint density at radius 3 is 2.44 bits per heavy atom. The van der Waals surface area contributed by atoms with Crippen molar-refractivity contribution in [2.45, 2.75) is 19.3 Å². The molecule has 0 aliphatic rings. The second-order valence-electron chi connectivity index (χ2n) is 5.72. The van der Waals surface area contributed by atoms with E-state index in [0.29, 0.717) is 34.6 Å². The highest BCUT2D eigenvalue weighted by molar-refractivity contribution is 6.35. The van der Waals surface area contributed by atoms with Crippen molar-refractivity contribution in [2.75, 3.05) is 19.6 Å². The molecular weight excluding hydrogens is 379 g/mol. The Morgan fingerprint density at radius 1 is 0.880 bits per heavy atom. The first kappa shape index (κ1) is 20.1. The highest BCUT2D eigenvalue weighted by Gasteiger charge is 2.03. The summed E-state index contributed by atoms with van der Waals surface area (Å²) in [5, 5.41) is 8.19. The number of amides is 1. The van der Waals surface area contributed by atoms with Gasteiger partial charge in [0.15, 0.2) is 0 Å². The van der Waals surface area contributed by atoms with Gasteiger partial charge in [0.1, 0.15) is 0 Å². The quantitative estimate of drug-likeness (QED) is 0.608. The molecule has 2 N–H and O–H groups in total. The fraction of sp³-hybridized carbons (Fsp3) is 0.316. The van der Waals surface area contributed by atoms with Crippen LogP contribution in [0.1, 0.15) is 17.5 Å². The van der Waals surface area contributed by atoms with Gasteiger partial charge in [0.2, 0.25) is 5.91 Å². The van der Waals surface area contributed by atoms with Gasteiger partial charge in [-0.1, -0.05) is 53.0 Å². The molecule has 0 aliphatic carbocycles. The van der Waals surface area contributed by atoms with E-state index in [4.69, 9.17) is 34.8 Å². The van der Waals surface area contributed by atoms with Crippen LogP contribution in [-0.4, -0.2) is 25.5 Å². The summed E-state index contributed by atoms with van der Waals surface area (Å²) in [4.78, 5) is 11.8. The van der Waals surface area contributed by atoms with Gasteiger partial charge in [-0.05, 0) is 54.8 Å². The minimum absolute atomic E-state index is 0.0408. The van der Waals surface area contributed by atoms with E-state index in [1.807, 2.05) is 36.4 Å². The van der Waals surface area contributed by atoms with Crippen LogP contribution in [0.3, 0.4) is 0 Å². The Balaban J connectivity index is 1.56. The number of carbonyl (C=O) groups is 1. The van der Waals surface area contributed by atoms with Gasteiger partial charge in [0, 0.05) is 34.6 Å². The molecule has 0 atom stereocenters. The lowest BCUT2D eigenvalue weighted by atomic mass is 10.1. The molecule has 6 heteroatoms. The molecule has 3 nitrogen and oxygen atoms in total. The number of nitrogens with one attached hydrogen (secondary N) is 2. The number of rotatable bonds is 9. The summed E-state index contributed by atoms with van der Waals surface area (Å²) in [6.07, 6.45) is 2.02. The van der Waals surface area contributed by atoms with Crippen LogP contribution in [0.15, 0.2) is 42.5 Å². The monoisotopic (exact) mass is 398 g/mol. The molecule has 0 saturated carbocycles. The lowest BCUT2D eigenvalue weighted by Crippen LogP contribution is -2.29. The Hall–Kier alpha value is -1.26. The van der Waals surface area contributed by atoms with Crippen molar-refractivity contribution in [3.8, 4) is 0 Å². The molecule has 0 saturated heterocycles. The van der Waals surface area contributed by atoms with Crippen molar-refractivity contribution in [1.29, 1.82) is 0 Å². The van der Waals surface area contributed by atoms with Crippen LogP contribution >= 0.6 is 34.8 Å². The minimum atomic E-state index is 0.0408. The molecule has 0 heterocycles. The summed E-state index contributed by atoms with van der Waals surface area (Å²) in [7, 11) is 0. The van der Waals surface area contributed by atoms with E-state index >= 15 is 0 Å². The topological polar surface area (TPSA) is 41.1 Å². The van der Waals surface area contributed by atoms with Crippen molar-refractivity contribution in [3.63, 3.8) is 0 Å². The van der Waals surface area contributed by atoms with Gasteiger partial charge in [-0.3, -0.25) is 4.79 Å². The third-order valence-corrected chi connectivity index (χ3v) is 4.56. The molecule has 2 aromatic rings. The van der Waals surface area contributed by atoms with E-state index in [-0.39, 0.29) is 5.91 Å². The number of halogens is 3. The molecule has 0 radical (unpaired) electrons. The molecule has 0 bridgehead atoms. The van der Waals surface area contributed by atoms with Gasteiger partial charge in [0.25, 0.3) is 0 Å². The minimum Gasteiger partial charge on any atom is -0.356 e. The first-order valence-electron chi connectivity index (χ1n) is 8.20. The second kappa shape index (κ2) is 10.7. The molecule has 2 rings (SSSR count). The summed E-state index contributed by atoms with van der Waals surface area (Å²) in [6.45, 7) is 2.00. The summed E-state index contributed by atoms with van der Waals surface area (Å²) >= 11 is 17.9. The van der Waals surface area contributed by atoms with Gasteiger partial charge < -0.3 is 10.6 Å². The van der Waals surface area contributed by atoms with Crippen LogP contribution in [-0.2, 0) is 17.6 Å². The standard InChI is InChI=1S/C19H21Cl3N2O/c20-16-3-1-2-14(12-16)6-11-24-19(25)8-10-23-9-7-15-4-5-17(21)13-18(15)22/h1-5,12-13,23H,6-11H2,(H,24,25). The second-order valence-corrected chi connectivity index (χ2v) is 7.00. The van der Waals surface area contributed by atoms with Crippen LogP contribution in [0, 0.1) is 0 Å². The third-order valence-electron chi connectivity index (χ3n) is 3.74. The number of hydrogen-bond donors (Lipinski definition) is 2. The molecule has 2 aromatic carbocycles. The molecule has 25 heavy (non-hydrogen) atoms. The van der Waals surface area contributed by atoms with E-state index in [1.54, 1.807) is 6.07 Å². The first-order valence-corrected chi connectivity index (χ1v) is 9.34. The molecular formula is C19H21Cl3N2O. The van der Waals surface area contributed by atoms with Crippen LogP contribution < -0.4 is 10.6 Å². The molecule has 0 spiro atoms. The average molecular weight is 400 g/mol. The van der Waals surface area contributed by atoms with Gasteiger partial charge in [-0.2, -0.15) is 0 Å². The highest BCUT2D eigenvalue weighted by Crippen LogP contribution is 2.21. The van der Waals surface area contributed by atoms with E-state index in [2.05, 4.69) is 10.6 Å². The molecule has 0 aromatic heterocycles. The Morgan fingerprint density at radius 2 is 1.68 bits per heavy atom.